The summed E-state index contributed by atoms with van der Waals surface area (Å²) in [5, 5.41) is 2.36. The zero-order chi connectivity index (χ0) is 9.52. The van der Waals surface area contributed by atoms with Crippen molar-refractivity contribution >= 4 is 23.1 Å². The molecule has 0 saturated carbocycles. The molecule has 0 fully saturated rings. The molecule has 0 atom stereocenters. The SMILES string of the molecule is CC#CCc1ccccc1N=C=S. The van der Waals surface area contributed by atoms with Crippen LogP contribution in [0.5, 0.6) is 0 Å². The average Bonchev–Trinajstić information content (AvgIpc) is 2.17. The van der Waals surface area contributed by atoms with Crippen LogP contribution in [0.3, 0.4) is 0 Å². The Labute approximate surface area is 83.5 Å². The van der Waals surface area contributed by atoms with Crippen molar-refractivity contribution in [2.45, 2.75) is 13.3 Å². The molecule has 0 amide bonds. The van der Waals surface area contributed by atoms with E-state index in [4.69, 9.17) is 0 Å². The Morgan fingerprint density at radius 1 is 1.38 bits per heavy atom. The molecule has 0 N–H and O–H groups in total. The second kappa shape index (κ2) is 5.27. The summed E-state index contributed by atoms with van der Waals surface area (Å²) < 4.78 is 0. The lowest BCUT2D eigenvalue weighted by molar-refractivity contribution is 1.29. The second-order valence-electron chi connectivity index (χ2n) is 2.44. The van der Waals surface area contributed by atoms with Crippen molar-refractivity contribution in [3.05, 3.63) is 29.8 Å². The Bertz CT molecular complexity index is 392. The van der Waals surface area contributed by atoms with E-state index < -0.39 is 0 Å². The molecule has 0 spiro atoms. The van der Waals surface area contributed by atoms with Crippen LogP contribution < -0.4 is 0 Å². The minimum Gasteiger partial charge on any atom is -0.194 e. The predicted molar refractivity (Wildman–Crippen MR) is 58.3 cm³/mol. The van der Waals surface area contributed by atoms with Crippen molar-refractivity contribution in [2.24, 2.45) is 4.99 Å². The molecule has 1 aromatic carbocycles. The minimum absolute atomic E-state index is 0.715. The molecule has 0 saturated heterocycles. The predicted octanol–water partition coefficient (Wildman–Crippen LogP) is 2.99. The summed E-state index contributed by atoms with van der Waals surface area (Å²) in [7, 11) is 0. The number of nitrogens with zero attached hydrogens (tertiary/aromatic N) is 1. The Kier molecular flexibility index (Phi) is 3.92. The van der Waals surface area contributed by atoms with Crippen LogP contribution in [0.2, 0.25) is 0 Å². The van der Waals surface area contributed by atoms with Crippen molar-refractivity contribution in [2.75, 3.05) is 0 Å². The van der Waals surface area contributed by atoms with Crippen LogP contribution in [0.4, 0.5) is 5.69 Å². The zero-order valence-electron chi connectivity index (χ0n) is 7.37. The van der Waals surface area contributed by atoms with Crippen LogP contribution in [0, 0.1) is 11.8 Å². The number of hydrogen-bond donors (Lipinski definition) is 0. The maximum absolute atomic E-state index is 4.55. The van der Waals surface area contributed by atoms with Gasteiger partial charge in [-0.1, -0.05) is 24.1 Å². The molecule has 13 heavy (non-hydrogen) atoms. The molecule has 1 rings (SSSR count). The number of benzene rings is 1. The third kappa shape index (κ3) is 2.83. The monoisotopic (exact) mass is 187 g/mol. The summed E-state index contributed by atoms with van der Waals surface area (Å²) in [5.74, 6) is 5.84. The van der Waals surface area contributed by atoms with Gasteiger partial charge < -0.3 is 0 Å². The van der Waals surface area contributed by atoms with E-state index in [2.05, 4.69) is 34.2 Å². The van der Waals surface area contributed by atoms with Crippen LogP contribution in [0.1, 0.15) is 12.5 Å². The van der Waals surface area contributed by atoms with E-state index in [0.717, 1.165) is 11.3 Å². The highest BCUT2D eigenvalue weighted by Crippen LogP contribution is 2.17. The van der Waals surface area contributed by atoms with Crippen molar-refractivity contribution in [1.29, 1.82) is 0 Å². The molecule has 0 heterocycles. The molecule has 1 aromatic rings. The van der Waals surface area contributed by atoms with Gasteiger partial charge in [0.1, 0.15) is 0 Å². The van der Waals surface area contributed by atoms with Gasteiger partial charge in [-0.15, -0.1) is 5.92 Å². The van der Waals surface area contributed by atoms with Gasteiger partial charge in [-0.25, -0.2) is 0 Å². The highest BCUT2D eigenvalue weighted by atomic mass is 32.1. The first-order valence-corrected chi connectivity index (χ1v) is 4.34. The first-order chi connectivity index (χ1) is 6.38. The molecule has 0 aromatic heterocycles. The molecule has 0 bridgehead atoms. The minimum atomic E-state index is 0.715. The lowest BCUT2D eigenvalue weighted by atomic mass is 10.1. The lowest BCUT2D eigenvalue weighted by Crippen LogP contribution is -1.81. The van der Waals surface area contributed by atoms with E-state index in [9.17, 15) is 0 Å². The fourth-order valence-corrected chi connectivity index (χ4v) is 1.10. The fourth-order valence-electron chi connectivity index (χ4n) is 1.00. The number of thiocarbonyl (C=S) groups is 1. The molecule has 0 unspecified atom stereocenters. The maximum Gasteiger partial charge on any atom is 0.0781 e. The fraction of sp³-hybridized carbons (Fsp3) is 0.182. The van der Waals surface area contributed by atoms with Gasteiger partial charge in [0.15, 0.2) is 0 Å². The normalized spacial score (nSPS) is 8.08. The van der Waals surface area contributed by atoms with Crippen LogP contribution >= 0.6 is 12.2 Å². The first kappa shape index (κ1) is 9.67. The smallest absolute Gasteiger partial charge is 0.0781 e. The molecule has 0 aliphatic heterocycles. The van der Waals surface area contributed by atoms with Crippen LogP contribution in [-0.2, 0) is 6.42 Å². The molecule has 64 valence electrons. The van der Waals surface area contributed by atoms with E-state index in [1.165, 1.54) is 0 Å². The third-order valence-electron chi connectivity index (χ3n) is 1.61. The number of isothiocyanates is 1. The molecule has 0 aliphatic carbocycles. The quantitative estimate of drug-likeness (QED) is 0.394. The summed E-state index contributed by atoms with van der Waals surface area (Å²) in [4.78, 5) is 3.96. The highest BCUT2D eigenvalue weighted by Gasteiger charge is 1.96. The van der Waals surface area contributed by atoms with Crippen molar-refractivity contribution < 1.29 is 0 Å². The van der Waals surface area contributed by atoms with Crippen LogP contribution in [-0.4, -0.2) is 5.16 Å². The largest absolute Gasteiger partial charge is 0.194 e. The molecular weight excluding hydrogens is 178 g/mol. The van der Waals surface area contributed by atoms with Gasteiger partial charge in [-0.05, 0) is 30.8 Å². The first-order valence-electron chi connectivity index (χ1n) is 3.94. The van der Waals surface area contributed by atoms with E-state index in [1.807, 2.05) is 31.2 Å². The van der Waals surface area contributed by atoms with E-state index in [-0.39, 0.29) is 0 Å². The number of hydrogen-bond acceptors (Lipinski definition) is 2. The molecule has 0 radical (unpaired) electrons. The molecule has 1 nitrogen and oxygen atoms in total. The maximum atomic E-state index is 4.55. The summed E-state index contributed by atoms with van der Waals surface area (Å²) >= 11 is 4.55. The average molecular weight is 187 g/mol. The summed E-state index contributed by atoms with van der Waals surface area (Å²) in [6.07, 6.45) is 0.715. The van der Waals surface area contributed by atoms with E-state index in [0.29, 0.717) is 6.42 Å². The standard InChI is InChI=1S/C11H9NS/c1-2-3-6-10-7-4-5-8-11(10)12-9-13/h4-5,7-8H,6H2,1H3. The van der Waals surface area contributed by atoms with Gasteiger partial charge in [0.25, 0.3) is 0 Å². The van der Waals surface area contributed by atoms with E-state index >= 15 is 0 Å². The lowest BCUT2D eigenvalue weighted by Gasteiger charge is -1.98. The van der Waals surface area contributed by atoms with Gasteiger partial charge >= 0.3 is 0 Å². The topological polar surface area (TPSA) is 12.4 Å². The van der Waals surface area contributed by atoms with Crippen molar-refractivity contribution in [1.82, 2.24) is 0 Å². The number of para-hydroxylation sites is 1. The Hall–Kier alpha value is -1.42. The van der Waals surface area contributed by atoms with Gasteiger partial charge in [0.2, 0.25) is 0 Å². The third-order valence-corrected chi connectivity index (χ3v) is 1.70. The van der Waals surface area contributed by atoms with E-state index in [1.54, 1.807) is 0 Å². The molecular formula is C11H9NS. The highest BCUT2D eigenvalue weighted by molar-refractivity contribution is 7.78. The summed E-state index contributed by atoms with van der Waals surface area (Å²) in [5.41, 5.74) is 1.95. The number of aliphatic imine (C=N–C) groups is 1. The van der Waals surface area contributed by atoms with Crippen LogP contribution in [0.15, 0.2) is 29.3 Å². The molecule has 2 heteroatoms. The Morgan fingerprint density at radius 3 is 2.85 bits per heavy atom. The van der Waals surface area contributed by atoms with Gasteiger partial charge in [0.05, 0.1) is 10.8 Å². The van der Waals surface area contributed by atoms with Gasteiger partial charge in [0, 0.05) is 6.42 Å². The number of rotatable bonds is 2. The Balaban J connectivity index is 3.01. The van der Waals surface area contributed by atoms with Gasteiger partial charge in [-0.2, -0.15) is 4.99 Å². The second-order valence-corrected chi connectivity index (χ2v) is 2.62. The summed E-state index contributed by atoms with van der Waals surface area (Å²) in [6, 6.07) is 7.80. The zero-order valence-corrected chi connectivity index (χ0v) is 8.19. The summed E-state index contributed by atoms with van der Waals surface area (Å²) in [6.45, 7) is 1.82. The van der Waals surface area contributed by atoms with Crippen LogP contribution in [0.25, 0.3) is 0 Å². The van der Waals surface area contributed by atoms with Gasteiger partial charge in [-0.3, -0.25) is 0 Å². The van der Waals surface area contributed by atoms with Crippen molar-refractivity contribution in [3.8, 4) is 11.8 Å². The Morgan fingerprint density at radius 2 is 2.15 bits per heavy atom. The molecule has 0 aliphatic rings. The van der Waals surface area contributed by atoms with Crippen molar-refractivity contribution in [3.63, 3.8) is 0 Å².